The monoisotopic (exact) mass is 380 g/mol. The smallest absolute Gasteiger partial charge is 0.260 e. The van der Waals surface area contributed by atoms with Crippen molar-refractivity contribution >= 4 is 17.5 Å². The lowest BCUT2D eigenvalue weighted by Gasteiger charge is -2.16. The summed E-state index contributed by atoms with van der Waals surface area (Å²) < 4.78 is 11.3. The number of likely N-dealkylation sites (N-methyl/N-ethyl adjacent to an activating group) is 1. The maximum Gasteiger partial charge on any atom is 0.260 e. The predicted octanol–water partition coefficient (Wildman–Crippen LogP) is 4.51. The van der Waals surface area contributed by atoms with E-state index in [-0.39, 0.29) is 12.5 Å². The van der Waals surface area contributed by atoms with Crippen LogP contribution in [0.2, 0.25) is 5.02 Å². The van der Waals surface area contributed by atoms with Crippen molar-refractivity contribution in [2.75, 3.05) is 13.7 Å². The Morgan fingerprint density at radius 1 is 1.15 bits per heavy atom. The third-order valence-corrected chi connectivity index (χ3v) is 4.22. The lowest BCUT2D eigenvalue weighted by Crippen LogP contribution is -2.30. The number of carbonyl (C=O) groups is 1. The van der Waals surface area contributed by atoms with Crippen LogP contribution in [-0.2, 0) is 11.3 Å². The second kappa shape index (κ2) is 8.43. The van der Waals surface area contributed by atoms with Crippen molar-refractivity contribution in [1.82, 2.24) is 4.90 Å². The van der Waals surface area contributed by atoms with Gasteiger partial charge in [0.2, 0.25) is 0 Å². The highest BCUT2D eigenvalue weighted by Crippen LogP contribution is 2.24. The first-order chi connectivity index (χ1) is 13.1. The zero-order chi connectivity index (χ0) is 19.2. The normalized spacial score (nSPS) is 10.3. The lowest BCUT2D eigenvalue weighted by molar-refractivity contribution is -0.132. The van der Waals surface area contributed by atoms with E-state index in [1.165, 1.54) is 4.90 Å². The van der Waals surface area contributed by atoms with Crippen molar-refractivity contribution in [3.63, 3.8) is 0 Å². The van der Waals surface area contributed by atoms with E-state index in [0.717, 1.165) is 5.56 Å². The molecule has 0 aliphatic heterocycles. The van der Waals surface area contributed by atoms with E-state index in [4.69, 9.17) is 26.0 Å². The van der Waals surface area contributed by atoms with Crippen molar-refractivity contribution in [2.45, 2.75) is 6.54 Å². The number of para-hydroxylation sites is 1. The summed E-state index contributed by atoms with van der Waals surface area (Å²) in [6.45, 7) is 0.162. The number of rotatable bonds is 6. The molecule has 1 amide bonds. The molecule has 0 N–H and O–H groups in total. The Kier molecular flexibility index (Phi) is 5.80. The van der Waals surface area contributed by atoms with Crippen LogP contribution in [0, 0.1) is 11.3 Å². The van der Waals surface area contributed by atoms with Crippen LogP contribution in [-0.4, -0.2) is 24.5 Å². The summed E-state index contributed by atoms with van der Waals surface area (Å²) in [5.74, 6) is 1.55. The van der Waals surface area contributed by atoms with Gasteiger partial charge >= 0.3 is 0 Å². The number of hydrogen-bond acceptors (Lipinski definition) is 4. The largest absolute Gasteiger partial charge is 0.482 e. The van der Waals surface area contributed by atoms with Crippen molar-refractivity contribution in [3.8, 4) is 23.1 Å². The van der Waals surface area contributed by atoms with E-state index in [0.29, 0.717) is 34.4 Å². The van der Waals surface area contributed by atoms with Crippen molar-refractivity contribution in [1.29, 1.82) is 5.26 Å². The molecule has 0 saturated heterocycles. The maximum atomic E-state index is 12.3. The zero-order valence-corrected chi connectivity index (χ0v) is 15.4. The number of amides is 1. The van der Waals surface area contributed by atoms with Gasteiger partial charge in [-0.25, -0.2) is 0 Å². The molecular formula is C21H17ClN2O3. The fraction of sp³-hybridized carbons (Fsp3) is 0.143. The number of benzene rings is 2. The predicted molar refractivity (Wildman–Crippen MR) is 102 cm³/mol. The van der Waals surface area contributed by atoms with E-state index in [1.807, 2.05) is 30.3 Å². The summed E-state index contributed by atoms with van der Waals surface area (Å²) in [7, 11) is 1.67. The molecule has 0 spiro atoms. The highest BCUT2D eigenvalue weighted by molar-refractivity contribution is 6.30. The quantitative estimate of drug-likeness (QED) is 0.631. The molecule has 0 atom stereocenters. The molecule has 0 unspecified atom stereocenters. The molecule has 0 fully saturated rings. The van der Waals surface area contributed by atoms with Crippen molar-refractivity contribution < 1.29 is 13.9 Å². The van der Waals surface area contributed by atoms with Gasteiger partial charge in [0, 0.05) is 17.6 Å². The van der Waals surface area contributed by atoms with Crippen LogP contribution < -0.4 is 4.74 Å². The average molecular weight is 381 g/mol. The number of ether oxygens (including phenoxy) is 1. The highest BCUT2D eigenvalue weighted by atomic mass is 35.5. The first-order valence-corrected chi connectivity index (χ1v) is 8.65. The molecule has 0 saturated carbocycles. The molecule has 5 nitrogen and oxygen atoms in total. The van der Waals surface area contributed by atoms with Gasteiger partial charge in [0.25, 0.3) is 5.91 Å². The van der Waals surface area contributed by atoms with E-state index in [9.17, 15) is 4.79 Å². The molecule has 3 rings (SSSR count). The molecular weight excluding hydrogens is 364 g/mol. The Labute approximate surface area is 162 Å². The number of nitriles is 1. The Morgan fingerprint density at radius 3 is 2.63 bits per heavy atom. The van der Waals surface area contributed by atoms with Crippen LogP contribution in [0.4, 0.5) is 0 Å². The minimum Gasteiger partial charge on any atom is -0.482 e. The van der Waals surface area contributed by atoms with Gasteiger partial charge in [0.05, 0.1) is 12.1 Å². The molecule has 0 radical (unpaired) electrons. The van der Waals surface area contributed by atoms with Gasteiger partial charge in [0.15, 0.2) is 6.61 Å². The summed E-state index contributed by atoms with van der Waals surface area (Å²) in [4.78, 5) is 13.8. The summed E-state index contributed by atoms with van der Waals surface area (Å²) in [5.41, 5.74) is 1.31. The van der Waals surface area contributed by atoms with Crippen molar-refractivity contribution in [3.05, 3.63) is 77.0 Å². The van der Waals surface area contributed by atoms with E-state index >= 15 is 0 Å². The SMILES string of the molecule is CN(Cc1ccc(-c2ccc(Cl)cc2)o1)C(=O)COc1ccccc1C#N. The Morgan fingerprint density at radius 2 is 1.89 bits per heavy atom. The van der Waals surface area contributed by atoms with Gasteiger partial charge in [0.1, 0.15) is 23.3 Å². The highest BCUT2D eigenvalue weighted by Gasteiger charge is 2.14. The molecule has 0 aliphatic carbocycles. The summed E-state index contributed by atoms with van der Waals surface area (Å²) in [6.07, 6.45) is 0. The van der Waals surface area contributed by atoms with Crippen LogP contribution in [0.25, 0.3) is 11.3 Å². The van der Waals surface area contributed by atoms with Crippen LogP contribution in [0.5, 0.6) is 5.75 Å². The van der Waals surface area contributed by atoms with E-state index < -0.39 is 0 Å². The minimum atomic E-state index is -0.216. The number of nitrogens with zero attached hydrogens (tertiary/aromatic N) is 2. The van der Waals surface area contributed by atoms with Crippen molar-refractivity contribution in [2.24, 2.45) is 0 Å². The van der Waals surface area contributed by atoms with Gasteiger partial charge in [-0.05, 0) is 48.5 Å². The van der Waals surface area contributed by atoms with Gasteiger partial charge in [-0.3, -0.25) is 4.79 Å². The molecule has 6 heteroatoms. The van der Waals surface area contributed by atoms with Gasteiger partial charge in [-0.2, -0.15) is 5.26 Å². The van der Waals surface area contributed by atoms with E-state index in [2.05, 4.69) is 0 Å². The van der Waals surface area contributed by atoms with Crippen LogP contribution in [0.1, 0.15) is 11.3 Å². The molecule has 3 aromatic rings. The molecule has 27 heavy (non-hydrogen) atoms. The number of furan rings is 1. The van der Waals surface area contributed by atoms with Gasteiger partial charge < -0.3 is 14.1 Å². The molecule has 136 valence electrons. The molecule has 1 aromatic heterocycles. The van der Waals surface area contributed by atoms with Gasteiger partial charge in [-0.15, -0.1) is 0 Å². The first kappa shape index (κ1) is 18.6. The lowest BCUT2D eigenvalue weighted by atomic mass is 10.2. The second-order valence-electron chi connectivity index (χ2n) is 5.92. The summed E-state index contributed by atoms with van der Waals surface area (Å²) in [6, 6.07) is 19.9. The Balaban J connectivity index is 1.58. The fourth-order valence-corrected chi connectivity index (χ4v) is 2.61. The standard InChI is InChI=1S/C21H17ClN2O3/c1-24(21(25)14-26-19-5-3-2-4-16(19)12-23)13-18-10-11-20(27-18)15-6-8-17(22)9-7-15/h2-11H,13-14H2,1H3. The third-order valence-electron chi connectivity index (χ3n) is 3.97. The maximum absolute atomic E-state index is 12.3. The average Bonchev–Trinajstić information content (AvgIpc) is 3.15. The van der Waals surface area contributed by atoms with Crippen LogP contribution in [0.3, 0.4) is 0 Å². The van der Waals surface area contributed by atoms with E-state index in [1.54, 1.807) is 43.4 Å². The number of hydrogen-bond donors (Lipinski definition) is 0. The topological polar surface area (TPSA) is 66.5 Å². The summed E-state index contributed by atoms with van der Waals surface area (Å²) in [5, 5.41) is 9.72. The number of carbonyl (C=O) groups excluding carboxylic acids is 1. The van der Waals surface area contributed by atoms with Crippen LogP contribution >= 0.6 is 11.6 Å². The van der Waals surface area contributed by atoms with Gasteiger partial charge in [-0.1, -0.05) is 23.7 Å². The fourth-order valence-electron chi connectivity index (χ4n) is 2.49. The Bertz CT molecular complexity index is 974. The zero-order valence-electron chi connectivity index (χ0n) is 14.7. The second-order valence-corrected chi connectivity index (χ2v) is 6.36. The molecule has 0 bridgehead atoms. The molecule has 2 aromatic carbocycles. The third kappa shape index (κ3) is 4.69. The minimum absolute atomic E-state index is 0.153. The Hall–Kier alpha value is -3.23. The first-order valence-electron chi connectivity index (χ1n) is 8.27. The summed E-state index contributed by atoms with van der Waals surface area (Å²) >= 11 is 5.90. The molecule has 1 heterocycles. The number of halogens is 1. The van der Waals surface area contributed by atoms with Crippen LogP contribution in [0.15, 0.2) is 65.1 Å². The molecule has 0 aliphatic rings.